The number of aryl methyl sites for hydroxylation is 1. The monoisotopic (exact) mass is 305 g/mol. The third-order valence-corrected chi connectivity index (χ3v) is 4.13. The summed E-state index contributed by atoms with van der Waals surface area (Å²) in [6, 6.07) is 7.94. The summed E-state index contributed by atoms with van der Waals surface area (Å²) in [4.78, 5) is 0. The summed E-state index contributed by atoms with van der Waals surface area (Å²) in [6.07, 6.45) is 2.09. The van der Waals surface area contributed by atoms with Gasteiger partial charge in [0.2, 0.25) is 0 Å². The molecule has 0 aliphatic heterocycles. The predicted molar refractivity (Wildman–Crippen MR) is 87.9 cm³/mol. The van der Waals surface area contributed by atoms with Crippen LogP contribution in [0.2, 0.25) is 0 Å². The number of benzene rings is 1. The van der Waals surface area contributed by atoms with E-state index in [2.05, 4.69) is 29.4 Å². The summed E-state index contributed by atoms with van der Waals surface area (Å²) in [5, 5.41) is 14.1. The molecule has 0 atom stereocenters. The van der Waals surface area contributed by atoms with Gasteiger partial charge in [0.05, 0.1) is 7.11 Å². The van der Waals surface area contributed by atoms with Crippen molar-refractivity contribution < 1.29 is 4.74 Å². The summed E-state index contributed by atoms with van der Waals surface area (Å²) >= 11 is 1.67. The Kier molecular flexibility index (Phi) is 6.14. The minimum absolute atomic E-state index is 0.702. The highest BCUT2D eigenvalue weighted by molar-refractivity contribution is 7.14. The maximum Gasteiger partial charge on any atom is 0.147 e. The minimum atomic E-state index is 0.702. The fourth-order valence-corrected chi connectivity index (χ4v) is 2.85. The number of nitrogens with zero attached hydrogens (tertiary/aromatic N) is 2. The first-order valence-corrected chi connectivity index (χ1v) is 8.18. The largest absolute Gasteiger partial charge is 0.497 e. The van der Waals surface area contributed by atoms with E-state index in [1.165, 1.54) is 0 Å². The second-order valence-electron chi connectivity index (χ2n) is 5.43. The Morgan fingerprint density at radius 2 is 1.95 bits per heavy atom. The molecule has 0 saturated heterocycles. The van der Waals surface area contributed by atoms with E-state index in [9.17, 15) is 0 Å². The van der Waals surface area contributed by atoms with Crippen molar-refractivity contribution in [2.45, 2.75) is 26.7 Å². The maximum atomic E-state index is 5.16. The van der Waals surface area contributed by atoms with Crippen LogP contribution in [0.4, 0.5) is 0 Å². The molecule has 1 aromatic carbocycles. The van der Waals surface area contributed by atoms with Crippen molar-refractivity contribution in [3.8, 4) is 16.3 Å². The van der Waals surface area contributed by atoms with Crippen LogP contribution < -0.4 is 10.1 Å². The molecule has 114 valence electrons. The number of hydrogen-bond acceptors (Lipinski definition) is 5. The van der Waals surface area contributed by atoms with Gasteiger partial charge in [-0.05, 0) is 49.7 Å². The topological polar surface area (TPSA) is 47.0 Å². The van der Waals surface area contributed by atoms with Gasteiger partial charge in [-0.2, -0.15) is 0 Å². The first-order valence-electron chi connectivity index (χ1n) is 7.36. The van der Waals surface area contributed by atoms with Crippen LogP contribution in [0.15, 0.2) is 24.3 Å². The van der Waals surface area contributed by atoms with Crippen molar-refractivity contribution in [2.24, 2.45) is 5.92 Å². The van der Waals surface area contributed by atoms with E-state index < -0.39 is 0 Å². The smallest absolute Gasteiger partial charge is 0.147 e. The third-order valence-electron chi connectivity index (χ3n) is 3.10. The molecule has 0 fully saturated rings. The lowest BCUT2D eigenvalue weighted by atomic mass is 10.2. The molecule has 21 heavy (non-hydrogen) atoms. The van der Waals surface area contributed by atoms with Crippen molar-refractivity contribution >= 4 is 11.3 Å². The summed E-state index contributed by atoms with van der Waals surface area (Å²) in [5.41, 5.74) is 1.09. The summed E-state index contributed by atoms with van der Waals surface area (Å²) < 4.78 is 5.16. The van der Waals surface area contributed by atoms with E-state index >= 15 is 0 Å². The van der Waals surface area contributed by atoms with Gasteiger partial charge >= 0.3 is 0 Å². The van der Waals surface area contributed by atoms with Crippen LogP contribution in [0.25, 0.3) is 10.6 Å². The summed E-state index contributed by atoms with van der Waals surface area (Å²) in [6.45, 7) is 6.56. The van der Waals surface area contributed by atoms with Gasteiger partial charge in [-0.1, -0.05) is 25.2 Å². The summed E-state index contributed by atoms with van der Waals surface area (Å²) in [7, 11) is 1.67. The zero-order valence-electron chi connectivity index (χ0n) is 12.9. The van der Waals surface area contributed by atoms with Gasteiger partial charge in [-0.15, -0.1) is 10.2 Å². The van der Waals surface area contributed by atoms with Gasteiger partial charge in [-0.25, -0.2) is 0 Å². The number of rotatable bonds is 8. The molecule has 1 N–H and O–H groups in total. The van der Waals surface area contributed by atoms with Gasteiger partial charge in [0, 0.05) is 12.0 Å². The van der Waals surface area contributed by atoms with Crippen LogP contribution >= 0.6 is 11.3 Å². The quantitative estimate of drug-likeness (QED) is 0.759. The van der Waals surface area contributed by atoms with E-state index in [1.54, 1.807) is 18.4 Å². The first kappa shape index (κ1) is 15.9. The van der Waals surface area contributed by atoms with Gasteiger partial charge < -0.3 is 10.1 Å². The van der Waals surface area contributed by atoms with Crippen LogP contribution in [0.1, 0.15) is 25.3 Å². The second kappa shape index (κ2) is 8.10. The van der Waals surface area contributed by atoms with E-state index in [1.807, 2.05) is 24.3 Å². The molecular formula is C16H23N3OS. The molecule has 2 rings (SSSR count). The molecule has 1 aromatic heterocycles. The molecule has 0 aliphatic carbocycles. The molecule has 0 saturated carbocycles. The SMILES string of the molecule is COc1ccc(-c2nnc(CCCNCC(C)C)s2)cc1. The predicted octanol–water partition coefficient (Wildman–Crippen LogP) is 3.39. The summed E-state index contributed by atoms with van der Waals surface area (Å²) in [5.74, 6) is 1.56. The Labute approximate surface area is 130 Å². The molecule has 0 radical (unpaired) electrons. The van der Waals surface area contributed by atoms with Crippen molar-refractivity contribution in [1.82, 2.24) is 15.5 Å². The molecule has 0 aliphatic rings. The molecule has 0 spiro atoms. The highest BCUT2D eigenvalue weighted by Crippen LogP contribution is 2.25. The molecule has 0 unspecified atom stereocenters. The third kappa shape index (κ3) is 5.10. The highest BCUT2D eigenvalue weighted by atomic mass is 32.1. The van der Waals surface area contributed by atoms with Gasteiger partial charge in [0.1, 0.15) is 15.8 Å². The minimum Gasteiger partial charge on any atom is -0.497 e. The van der Waals surface area contributed by atoms with Gasteiger partial charge in [-0.3, -0.25) is 0 Å². The Morgan fingerprint density at radius 1 is 1.19 bits per heavy atom. The molecule has 2 aromatic rings. The number of aromatic nitrogens is 2. The fraction of sp³-hybridized carbons (Fsp3) is 0.500. The van der Waals surface area contributed by atoms with Gasteiger partial charge in [0.15, 0.2) is 0 Å². The van der Waals surface area contributed by atoms with E-state index in [0.29, 0.717) is 5.92 Å². The lowest BCUT2D eigenvalue weighted by molar-refractivity contribution is 0.415. The van der Waals surface area contributed by atoms with Crippen LogP contribution in [-0.4, -0.2) is 30.4 Å². The van der Waals surface area contributed by atoms with E-state index in [-0.39, 0.29) is 0 Å². The Morgan fingerprint density at radius 3 is 2.62 bits per heavy atom. The zero-order valence-corrected chi connectivity index (χ0v) is 13.7. The highest BCUT2D eigenvalue weighted by Gasteiger charge is 2.06. The Bertz CT molecular complexity index is 537. The zero-order chi connectivity index (χ0) is 15.1. The van der Waals surface area contributed by atoms with Crippen molar-refractivity contribution in [1.29, 1.82) is 0 Å². The lowest BCUT2D eigenvalue weighted by Gasteiger charge is -2.05. The normalized spacial score (nSPS) is 11.0. The van der Waals surface area contributed by atoms with Crippen molar-refractivity contribution in [3.63, 3.8) is 0 Å². The Hall–Kier alpha value is -1.46. The van der Waals surface area contributed by atoms with Crippen LogP contribution in [0.5, 0.6) is 5.75 Å². The number of nitrogens with one attached hydrogen (secondary N) is 1. The number of hydrogen-bond donors (Lipinski definition) is 1. The number of methoxy groups -OCH3 is 1. The molecule has 0 amide bonds. The molecule has 4 nitrogen and oxygen atoms in total. The average Bonchev–Trinajstić information content (AvgIpc) is 2.95. The average molecular weight is 305 g/mol. The van der Waals surface area contributed by atoms with E-state index in [0.717, 1.165) is 47.3 Å². The Balaban J connectivity index is 1.83. The maximum absolute atomic E-state index is 5.16. The standard InChI is InChI=1S/C16H23N3OS/c1-12(2)11-17-10-4-5-15-18-19-16(21-15)13-6-8-14(20-3)9-7-13/h6-9,12,17H,4-5,10-11H2,1-3H3. The van der Waals surface area contributed by atoms with Crippen LogP contribution in [-0.2, 0) is 6.42 Å². The van der Waals surface area contributed by atoms with Crippen LogP contribution in [0.3, 0.4) is 0 Å². The molecule has 5 heteroatoms. The molecular weight excluding hydrogens is 282 g/mol. The number of ether oxygens (including phenoxy) is 1. The first-order chi connectivity index (χ1) is 10.2. The van der Waals surface area contributed by atoms with E-state index in [4.69, 9.17) is 4.74 Å². The lowest BCUT2D eigenvalue weighted by Crippen LogP contribution is -2.21. The molecule has 1 heterocycles. The molecule has 0 bridgehead atoms. The second-order valence-corrected chi connectivity index (χ2v) is 6.49. The fourth-order valence-electron chi connectivity index (χ4n) is 1.96. The van der Waals surface area contributed by atoms with Crippen molar-refractivity contribution in [2.75, 3.05) is 20.2 Å². The van der Waals surface area contributed by atoms with Gasteiger partial charge in [0.25, 0.3) is 0 Å². The van der Waals surface area contributed by atoms with Crippen molar-refractivity contribution in [3.05, 3.63) is 29.3 Å². The van der Waals surface area contributed by atoms with Crippen LogP contribution in [0, 0.1) is 5.92 Å².